The van der Waals surface area contributed by atoms with Gasteiger partial charge in [0.15, 0.2) is 5.96 Å². The van der Waals surface area contributed by atoms with Gasteiger partial charge in [-0.3, -0.25) is 4.99 Å². The van der Waals surface area contributed by atoms with Crippen molar-refractivity contribution in [2.45, 2.75) is 45.4 Å². The van der Waals surface area contributed by atoms with Gasteiger partial charge >= 0.3 is 0 Å². The van der Waals surface area contributed by atoms with E-state index in [0.717, 1.165) is 37.6 Å². The second-order valence-corrected chi connectivity index (χ2v) is 7.48. The van der Waals surface area contributed by atoms with Crippen LogP contribution < -0.4 is 15.4 Å². The van der Waals surface area contributed by atoms with Gasteiger partial charge in [-0.05, 0) is 25.7 Å². The number of hydrogen-bond donors (Lipinski definition) is 3. The predicted molar refractivity (Wildman–Crippen MR) is 88.0 cm³/mol. The first-order chi connectivity index (χ1) is 10.0. The van der Waals surface area contributed by atoms with E-state index in [-0.39, 0.29) is 0 Å². The van der Waals surface area contributed by atoms with E-state index in [2.05, 4.69) is 20.3 Å². The van der Waals surface area contributed by atoms with Crippen LogP contribution in [0.4, 0.5) is 0 Å². The molecule has 0 bridgehead atoms. The van der Waals surface area contributed by atoms with Gasteiger partial charge in [0.1, 0.15) is 0 Å². The standard InChI is InChI=1S/C14H30N4O2S/c1-3-15-14(17-11-12-18-21(2,19)20)16-10-6-9-13-7-4-5-8-13/h13,18H,3-12H2,1-2H3,(H2,15,16,17). The van der Waals surface area contributed by atoms with Crippen molar-refractivity contribution in [2.24, 2.45) is 10.9 Å². The number of aliphatic imine (C=N–C) groups is 1. The molecule has 21 heavy (non-hydrogen) atoms. The second kappa shape index (κ2) is 10.00. The maximum atomic E-state index is 11.0. The Morgan fingerprint density at radius 3 is 2.52 bits per heavy atom. The highest BCUT2D eigenvalue weighted by Crippen LogP contribution is 2.28. The smallest absolute Gasteiger partial charge is 0.208 e. The molecular formula is C14H30N4O2S. The number of sulfonamides is 1. The molecule has 0 unspecified atom stereocenters. The molecule has 0 aromatic rings. The van der Waals surface area contributed by atoms with E-state index in [1.165, 1.54) is 32.1 Å². The molecule has 0 amide bonds. The molecule has 6 nitrogen and oxygen atoms in total. The van der Waals surface area contributed by atoms with Gasteiger partial charge in [0.05, 0.1) is 6.26 Å². The van der Waals surface area contributed by atoms with Gasteiger partial charge in [0.2, 0.25) is 10.0 Å². The largest absolute Gasteiger partial charge is 0.357 e. The molecule has 1 rings (SSSR count). The zero-order valence-corrected chi connectivity index (χ0v) is 14.1. The molecular weight excluding hydrogens is 288 g/mol. The van der Waals surface area contributed by atoms with Gasteiger partial charge in [-0.15, -0.1) is 0 Å². The molecule has 1 saturated carbocycles. The third-order valence-electron chi connectivity index (χ3n) is 3.64. The van der Waals surface area contributed by atoms with Crippen LogP contribution in [0.25, 0.3) is 0 Å². The second-order valence-electron chi connectivity index (χ2n) is 5.65. The summed E-state index contributed by atoms with van der Waals surface area (Å²) in [4.78, 5) is 4.53. The average Bonchev–Trinajstić information content (AvgIpc) is 2.91. The molecule has 124 valence electrons. The Balaban J connectivity index is 2.18. The fourth-order valence-electron chi connectivity index (χ4n) is 2.63. The predicted octanol–water partition coefficient (Wildman–Crippen LogP) is 1.06. The lowest BCUT2D eigenvalue weighted by atomic mass is 10.0. The van der Waals surface area contributed by atoms with Crippen molar-refractivity contribution >= 4 is 16.0 Å². The first-order valence-electron chi connectivity index (χ1n) is 7.98. The summed E-state index contributed by atoms with van der Waals surface area (Å²) in [6.45, 7) is 4.54. The van der Waals surface area contributed by atoms with Crippen molar-refractivity contribution in [3.8, 4) is 0 Å². The van der Waals surface area contributed by atoms with E-state index in [0.29, 0.717) is 13.1 Å². The Hall–Kier alpha value is -0.820. The third kappa shape index (κ3) is 9.68. The third-order valence-corrected chi connectivity index (χ3v) is 4.37. The van der Waals surface area contributed by atoms with Crippen LogP contribution in [0.3, 0.4) is 0 Å². The van der Waals surface area contributed by atoms with Gasteiger partial charge in [-0.25, -0.2) is 13.1 Å². The first kappa shape index (κ1) is 18.2. The lowest BCUT2D eigenvalue weighted by Crippen LogP contribution is -2.41. The molecule has 0 spiro atoms. The van der Waals surface area contributed by atoms with Crippen molar-refractivity contribution in [3.63, 3.8) is 0 Å². The number of nitrogens with one attached hydrogen (secondary N) is 3. The van der Waals surface area contributed by atoms with Gasteiger partial charge in [-0.2, -0.15) is 0 Å². The lowest BCUT2D eigenvalue weighted by molar-refractivity contribution is 0.487. The average molecular weight is 318 g/mol. The topological polar surface area (TPSA) is 82.6 Å². The monoisotopic (exact) mass is 318 g/mol. The fraction of sp³-hybridized carbons (Fsp3) is 0.929. The molecule has 0 heterocycles. The molecule has 7 heteroatoms. The van der Waals surface area contributed by atoms with Crippen molar-refractivity contribution in [1.29, 1.82) is 0 Å². The number of guanidine groups is 1. The van der Waals surface area contributed by atoms with Crippen molar-refractivity contribution in [1.82, 2.24) is 15.4 Å². The summed E-state index contributed by atoms with van der Waals surface area (Å²) in [7, 11) is -3.12. The molecule has 1 aliphatic rings. The zero-order valence-electron chi connectivity index (χ0n) is 13.3. The van der Waals surface area contributed by atoms with Gasteiger partial charge in [0.25, 0.3) is 0 Å². The highest BCUT2D eigenvalue weighted by Gasteiger charge is 2.13. The van der Waals surface area contributed by atoms with Crippen LogP contribution in [0.1, 0.15) is 45.4 Å². The minimum Gasteiger partial charge on any atom is -0.357 e. The Kier molecular flexibility index (Phi) is 8.68. The van der Waals surface area contributed by atoms with Crippen molar-refractivity contribution in [2.75, 3.05) is 32.4 Å². The van der Waals surface area contributed by atoms with Crippen LogP contribution in [-0.2, 0) is 10.0 Å². The molecule has 0 aromatic carbocycles. The summed E-state index contributed by atoms with van der Waals surface area (Å²) in [6.07, 6.45) is 9.13. The molecule has 0 saturated heterocycles. The highest BCUT2D eigenvalue weighted by atomic mass is 32.2. The normalized spacial score (nSPS) is 17.1. The maximum absolute atomic E-state index is 11.0. The summed E-state index contributed by atoms with van der Waals surface area (Å²) in [6, 6.07) is 0. The number of hydrogen-bond acceptors (Lipinski definition) is 3. The van der Waals surface area contributed by atoms with E-state index in [1.54, 1.807) is 0 Å². The number of nitrogens with zero attached hydrogens (tertiary/aromatic N) is 1. The summed E-state index contributed by atoms with van der Waals surface area (Å²) >= 11 is 0. The van der Waals surface area contributed by atoms with Crippen LogP contribution in [0.15, 0.2) is 4.99 Å². The summed E-state index contributed by atoms with van der Waals surface area (Å²) in [5.41, 5.74) is 0. The number of rotatable bonds is 9. The van der Waals surface area contributed by atoms with Crippen molar-refractivity contribution in [3.05, 3.63) is 0 Å². The lowest BCUT2D eigenvalue weighted by Gasteiger charge is -2.12. The van der Waals surface area contributed by atoms with Crippen LogP contribution >= 0.6 is 0 Å². The van der Waals surface area contributed by atoms with E-state index >= 15 is 0 Å². The van der Waals surface area contributed by atoms with Crippen LogP contribution in [-0.4, -0.2) is 46.8 Å². The molecule has 0 aliphatic heterocycles. The molecule has 1 fully saturated rings. The van der Waals surface area contributed by atoms with Gasteiger partial charge < -0.3 is 10.6 Å². The van der Waals surface area contributed by atoms with Crippen LogP contribution in [0, 0.1) is 5.92 Å². The van der Waals surface area contributed by atoms with Crippen molar-refractivity contribution < 1.29 is 8.42 Å². The molecule has 1 aliphatic carbocycles. The highest BCUT2D eigenvalue weighted by molar-refractivity contribution is 7.88. The molecule has 3 N–H and O–H groups in total. The SMILES string of the molecule is CCNC(=NCCCC1CCCC1)NCCNS(C)(=O)=O. The zero-order chi connectivity index (χ0) is 15.6. The first-order valence-corrected chi connectivity index (χ1v) is 9.87. The van der Waals surface area contributed by atoms with Crippen LogP contribution in [0.5, 0.6) is 0 Å². The van der Waals surface area contributed by atoms with E-state index in [4.69, 9.17) is 0 Å². The molecule has 0 aromatic heterocycles. The molecule has 0 atom stereocenters. The van der Waals surface area contributed by atoms with Gasteiger partial charge in [0, 0.05) is 26.2 Å². The molecule has 0 radical (unpaired) electrons. The summed E-state index contributed by atoms with van der Waals surface area (Å²) in [5, 5.41) is 6.30. The van der Waals surface area contributed by atoms with E-state index < -0.39 is 10.0 Å². The minimum absolute atomic E-state index is 0.366. The van der Waals surface area contributed by atoms with E-state index in [9.17, 15) is 8.42 Å². The minimum atomic E-state index is -3.12. The van der Waals surface area contributed by atoms with E-state index in [1.807, 2.05) is 6.92 Å². The Morgan fingerprint density at radius 1 is 1.19 bits per heavy atom. The Bertz CT molecular complexity index is 403. The summed E-state index contributed by atoms with van der Waals surface area (Å²) < 4.78 is 24.4. The fourth-order valence-corrected chi connectivity index (χ4v) is 3.10. The Labute approximate surface area is 129 Å². The van der Waals surface area contributed by atoms with Gasteiger partial charge in [-0.1, -0.05) is 25.7 Å². The summed E-state index contributed by atoms with van der Waals surface area (Å²) in [5.74, 6) is 1.67. The quantitative estimate of drug-likeness (QED) is 0.337. The maximum Gasteiger partial charge on any atom is 0.208 e. The Morgan fingerprint density at radius 2 is 1.90 bits per heavy atom. The van der Waals surface area contributed by atoms with Crippen LogP contribution in [0.2, 0.25) is 0 Å².